The predicted octanol–water partition coefficient (Wildman–Crippen LogP) is 2.42. The number of amides is 1. The summed E-state index contributed by atoms with van der Waals surface area (Å²) in [5.41, 5.74) is 2.41. The van der Waals surface area contributed by atoms with E-state index in [1.54, 1.807) is 0 Å². The van der Waals surface area contributed by atoms with Gasteiger partial charge in [-0.15, -0.1) is 0 Å². The van der Waals surface area contributed by atoms with E-state index in [1.165, 1.54) is 11.1 Å². The minimum Gasteiger partial charge on any atom is -0.341 e. The normalized spacial score (nSPS) is 24.6. The zero-order chi connectivity index (χ0) is 18.1. The Bertz CT molecular complexity index is 618. The third kappa shape index (κ3) is 3.18. The van der Waals surface area contributed by atoms with Crippen LogP contribution in [0.15, 0.2) is 24.3 Å². The topological polar surface area (TPSA) is 26.8 Å². The Labute approximate surface area is 158 Å². The van der Waals surface area contributed by atoms with Gasteiger partial charge in [0, 0.05) is 52.1 Å². The Hall–Kier alpha value is -1.39. The zero-order valence-electron chi connectivity index (χ0n) is 16.4. The molecule has 0 unspecified atom stereocenters. The summed E-state index contributed by atoms with van der Waals surface area (Å²) in [6.45, 7) is 11.7. The first kappa shape index (κ1) is 18.0. The van der Waals surface area contributed by atoms with E-state index in [9.17, 15) is 4.79 Å². The third-order valence-corrected chi connectivity index (χ3v) is 6.98. The minimum absolute atomic E-state index is 0.343. The van der Waals surface area contributed by atoms with Gasteiger partial charge in [0.05, 0.1) is 0 Å². The van der Waals surface area contributed by atoms with Gasteiger partial charge in [0.25, 0.3) is 0 Å². The molecule has 0 spiro atoms. The summed E-state index contributed by atoms with van der Waals surface area (Å²) in [5, 5.41) is 0. The van der Waals surface area contributed by atoms with Crippen LogP contribution in [0, 0.1) is 5.92 Å². The molecule has 3 aliphatic rings. The number of carbonyl (C=O) groups excluding carboxylic acids is 1. The molecule has 0 N–H and O–H groups in total. The van der Waals surface area contributed by atoms with Crippen molar-refractivity contribution in [2.45, 2.75) is 45.1 Å². The van der Waals surface area contributed by atoms with Crippen LogP contribution < -0.4 is 0 Å². The van der Waals surface area contributed by atoms with Gasteiger partial charge in [-0.1, -0.05) is 38.1 Å². The number of rotatable bonds is 3. The lowest BCUT2D eigenvalue weighted by molar-refractivity contribution is -0.147. The maximum atomic E-state index is 13.8. The van der Waals surface area contributed by atoms with Crippen molar-refractivity contribution < 1.29 is 4.79 Å². The molecular weight excluding hydrogens is 322 g/mol. The maximum absolute atomic E-state index is 13.8. The Balaban J connectivity index is 1.60. The van der Waals surface area contributed by atoms with Crippen molar-refractivity contribution in [1.82, 2.24) is 14.7 Å². The Morgan fingerprint density at radius 3 is 2.12 bits per heavy atom. The number of benzene rings is 1. The maximum Gasteiger partial charge on any atom is 0.243 e. The SMILES string of the molecule is CCN1CCN(C2(C(=O)N3CCC(C)CC3)Cc3ccccc3C2)CC1. The molecule has 4 heteroatoms. The smallest absolute Gasteiger partial charge is 0.243 e. The van der Waals surface area contributed by atoms with Gasteiger partial charge in [0.2, 0.25) is 5.91 Å². The van der Waals surface area contributed by atoms with Crippen LogP contribution in [0.3, 0.4) is 0 Å². The summed E-state index contributed by atoms with van der Waals surface area (Å²) in [6.07, 6.45) is 4.08. The van der Waals surface area contributed by atoms with Gasteiger partial charge in [-0.2, -0.15) is 0 Å². The lowest BCUT2D eigenvalue weighted by atomic mass is 9.88. The molecule has 1 aromatic rings. The van der Waals surface area contributed by atoms with Crippen LogP contribution in [-0.4, -0.2) is 72.0 Å². The Morgan fingerprint density at radius 2 is 1.58 bits per heavy atom. The standard InChI is InChI=1S/C22H33N3O/c1-3-23-12-14-25(15-13-23)22(16-19-6-4-5-7-20(19)17-22)21(26)24-10-8-18(2)9-11-24/h4-7,18H,3,8-17H2,1-2H3. The van der Waals surface area contributed by atoms with Gasteiger partial charge >= 0.3 is 0 Å². The van der Waals surface area contributed by atoms with E-state index in [4.69, 9.17) is 0 Å². The molecule has 2 aliphatic heterocycles. The van der Waals surface area contributed by atoms with E-state index in [-0.39, 0.29) is 5.54 Å². The predicted molar refractivity (Wildman–Crippen MR) is 105 cm³/mol. The number of piperazine rings is 1. The molecule has 0 bridgehead atoms. The summed E-state index contributed by atoms with van der Waals surface area (Å²) in [4.78, 5) is 21.0. The highest BCUT2D eigenvalue weighted by Gasteiger charge is 2.50. The van der Waals surface area contributed by atoms with Crippen molar-refractivity contribution >= 4 is 5.91 Å². The van der Waals surface area contributed by atoms with Gasteiger partial charge in [-0.05, 0) is 36.4 Å². The average Bonchev–Trinajstić information content (AvgIpc) is 3.09. The van der Waals surface area contributed by atoms with Crippen molar-refractivity contribution in [1.29, 1.82) is 0 Å². The molecule has 4 nitrogen and oxygen atoms in total. The van der Waals surface area contributed by atoms with E-state index >= 15 is 0 Å². The van der Waals surface area contributed by atoms with Crippen molar-refractivity contribution in [3.05, 3.63) is 35.4 Å². The van der Waals surface area contributed by atoms with Crippen LogP contribution in [0.25, 0.3) is 0 Å². The van der Waals surface area contributed by atoms with Gasteiger partial charge < -0.3 is 9.80 Å². The summed E-state index contributed by atoms with van der Waals surface area (Å²) in [6, 6.07) is 8.70. The van der Waals surface area contributed by atoms with Gasteiger partial charge in [-0.25, -0.2) is 0 Å². The number of likely N-dealkylation sites (N-methyl/N-ethyl adjacent to an activating group) is 1. The van der Waals surface area contributed by atoms with Crippen molar-refractivity contribution in [2.24, 2.45) is 5.92 Å². The molecule has 2 heterocycles. The molecule has 1 amide bonds. The van der Waals surface area contributed by atoms with E-state index < -0.39 is 0 Å². The second-order valence-corrected chi connectivity index (χ2v) is 8.55. The van der Waals surface area contributed by atoms with Gasteiger partial charge in [-0.3, -0.25) is 9.69 Å². The van der Waals surface area contributed by atoms with Crippen molar-refractivity contribution in [2.75, 3.05) is 45.8 Å². The van der Waals surface area contributed by atoms with Gasteiger partial charge in [0.1, 0.15) is 5.54 Å². The summed E-state index contributed by atoms with van der Waals surface area (Å²) < 4.78 is 0. The van der Waals surface area contributed by atoms with Crippen molar-refractivity contribution in [3.63, 3.8) is 0 Å². The number of hydrogen-bond donors (Lipinski definition) is 0. The van der Waals surface area contributed by atoms with E-state index in [0.29, 0.717) is 5.91 Å². The molecule has 2 fully saturated rings. The van der Waals surface area contributed by atoms with Crippen molar-refractivity contribution in [3.8, 4) is 0 Å². The molecule has 0 aromatic heterocycles. The molecule has 4 rings (SSSR count). The summed E-state index contributed by atoms with van der Waals surface area (Å²) >= 11 is 0. The van der Waals surface area contributed by atoms with Crippen LogP contribution in [0.2, 0.25) is 0 Å². The zero-order valence-corrected chi connectivity index (χ0v) is 16.4. The number of fused-ring (bicyclic) bond motifs is 1. The van der Waals surface area contributed by atoms with E-state index in [1.807, 2.05) is 0 Å². The van der Waals surface area contributed by atoms with E-state index in [2.05, 4.69) is 52.8 Å². The first-order valence-corrected chi connectivity index (χ1v) is 10.5. The minimum atomic E-state index is -0.343. The number of hydrogen-bond acceptors (Lipinski definition) is 3. The quantitative estimate of drug-likeness (QED) is 0.833. The molecule has 26 heavy (non-hydrogen) atoms. The van der Waals surface area contributed by atoms with Crippen LogP contribution in [0.1, 0.15) is 37.8 Å². The van der Waals surface area contributed by atoms with Crippen LogP contribution in [-0.2, 0) is 17.6 Å². The Morgan fingerprint density at radius 1 is 1.00 bits per heavy atom. The first-order chi connectivity index (χ1) is 12.6. The third-order valence-electron chi connectivity index (χ3n) is 6.98. The Kier molecular flexibility index (Phi) is 5.07. The lowest BCUT2D eigenvalue weighted by Crippen LogP contribution is -2.65. The highest BCUT2D eigenvalue weighted by Crippen LogP contribution is 2.37. The molecule has 2 saturated heterocycles. The van der Waals surface area contributed by atoms with Gasteiger partial charge in [0.15, 0.2) is 0 Å². The fraction of sp³-hybridized carbons (Fsp3) is 0.682. The fourth-order valence-corrected chi connectivity index (χ4v) is 5.10. The van der Waals surface area contributed by atoms with Crippen LogP contribution in [0.4, 0.5) is 0 Å². The number of carbonyl (C=O) groups is 1. The summed E-state index contributed by atoms with van der Waals surface area (Å²) in [5.74, 6) is 1.15. The monoisotopic (exact) mass is 355 g/mol. The number of piperidine rings is 1. The molecular formula is C22H33N3O. The second-order valence-electron chi connectivity index (χ2n) is 8.55. The number of likely N-dealkylation sites (tertiary alicyclic amines) is 1. The second kappa shape index (κ2) is 7.32. The summed E-state index contributed by atoms with van der Waals surface area (Å²) in [7, 11) is 0. The largest absolute Gasteiger partial charge is 0.341 e. The van der Waals surface area contributed by atoms with Crippen LogP contribution >= 0.6 is 0 Å². The molecule has 0 atom stereocenters. The molecule has 1 aromatic carbocycles. The molecule has 142 valence electrons. The fourth-order valence-electron chi connectivity index (χ4n) is 5.10. The molecule has 0 radical (unpaired) electrons. The van der Waals surface area contributed by atoms with E-state index in [0.717, 1.165) is 77.4 Å². The highest BCUT2D eigenvalue weighted by molar-refractivity contribution is 5.88. The molecule has 0 saturated carbocycles. The lowest BCUT2D eigenvalue weighted by Gasteiger charge is -2.47. The first-order valence-electron chi connectivity index (χ1n) is 10.5. The van der Waals surface area contributed by atoms with Crippen LogP contribution in [0.5, 0.6) is 0 Å². The molecule has 1 aliphatic carbocycles. The highest BCUT2D eigenvalue weighted by atomic mass is 16.2. The average molecular weight is 356 g/mol. The number of nitrogens with zero attached hydrogens (tertiary/aromatic N) is 3.